The lowest BCUT2D eigenvalue weighted by atomic mass is 10.2. The fourth-order valence-electron chi connectivity index (χ4n) is 4.39. The monoisotopic (exact) mass is 477 g/mol. The summed E-state index contributed by atoms with van der Waals surface area (Å²) in [5.74, 6) is -0.726. The summed E-state index contributed by atoms with van der Waals surface area (Å²) in [6, 6.07) is 24.7. The van der Waals surface area contributed by atoms with Gasteiger partial charge in [0.1, 0.15) is 11.5 Å². The Morgan fingerprint density at radius 3 is 2.26 bits per heavy atom. The first-order valence-electron chi connectivity index (χ1n) is 11.1. The Balaban J connectivity index is 1.38. The Labute approximate surface area is 197 Å². The summed E-state index contributed by atoms with van der Waals surface area (Å²) in [5, 5.41) is 0.981. The molecule has 0 radical (unpaired) electrons. The lowest BCUT2D eigenvalue weighted by Crippen LogP contribution is -2.50. The number of benzene rings is 3. The van der Waals surface area contributed by atoms with Crippen LogP contribution >= 0.6 is 0 Å². The molecule has 1 fully saturated rings. The van der Waals surface area contributed by atoms with E-state index in [1.807, 2.05) is 65.2 Å². The van der Waals surface area contributed by atoms with Crippen molar-refractivity contribution in [1.82, 2.24) is 13.8 Å². The van der Waals surface area contributed by atoms with Crippen molar-refractivity contribution in [3.8, 4) is 0 Å². The van der Waals surface area contributed by atoms with Crippen molar-refractivity contribution in [3.05, 3.63) is 102 Å². The number of fused-ring (bicyclic) bond motifs is 1. The fourth-order valence-corrected chi connectivity index (χ4v) is 5.85. The van der Waals surface area contributed by atoms with E-state index >= 15 is 0 Å². The van der Waals surface area contributed by atoms with Gasteiger partial charge >= 0.3 is 0 Å². The second-order valence-electron chi connectivity index (χ2n) is 8.31. The number of aromatic nitrogens is 1. The zero-order valence-corrected chi connectivity index (χ0v) is 19.3. The Morgan fingerprint density at radius 1 is 0.824 bits per heavy atom. The first-order chi connectivity index (χ1) is 16.4. The molecule has 5 rings (SSSR count). The number of para-hydroxylation sites is 1. The van der Waals surface area contributed by atoms with Gasteiger partial charge in [-0.05, 0) is 35.9 Å². The molecule has 1 amide bonds. The normalized spacial score (nSPS) is 15.0. The number of piperazine rings is 1. The van der Waals surface area contributed by atoms with Crippen LogP contribution in [0.3, 0.4) is 0 Å². The van der Waals surface area contributed by atoms with Crippen LogP contribution in [0.4, 0.5) is 4.39 Å². The van der Waals surface area contributed by atoms with Crippen LogP contribution < -0.4 is 0 Å². The summed E-state index contributed by atoms with van der Waals surface area (Å²) in [7, 11) is -3.82. The Hall–Kier alpha value is -3.49. The molecule has 4 aromatic rings. The van der Waals surface area contributed by atoms with Gasteiger partial charge in [0.2, 0.25) is 10.0 Å². The molecule has 0 spiro atoms. The van der Waals surface area contributed by atoms with E-state index in [1.165, 1.54) is 22.5 Å². The molecular formula is C26H24FN3O3S. The van der Waals surface area contributed by atoms with E-state index in [0.29, 0.717) is 12.2 Å². The number of halogens is 1. The van der Waals surface area contributed by atoms with E-state index in [9.17, 15) is 17.6 Å². The number of nitrogens with zero attached hydrogens (tertiary/aromatic N) is 3. The van der Waals surface area contributed by atoms with Crippen molar-refractivity contribution in [2.24, 2.45) is 0 Å². The second kappa shape index (κ2) is 9.04. The average Bonchev–Trinajstić information content (AvgIpc) is 3.22. The van der Waals surface area contributed by atoms with Crippen molar-refractivity contribution in [3.63, 3.8) is 0 Å². The quantitative estimate of drug-likeness (QED) is 0.437. The van der Waals surface area contributed by atoms with E-state index in [1.54, 1.807) is 4.90 Å². The van der Waals surface area contributed by atoms with Crippen LogP contribution in [-0.2, 0) is 16.6 Å². The molecule has 34 heavy (non-hydrogen) atoms. The molecule has 6 nitrogen and oxygen atoms in total. The van der Waals surface area contributed by atoms with Crippen LogP contribution in [0.2, 0.25) is 0 Å². The second-order valence-corrected chi connectivity index (χ2v) is 10.3. The summed E-state index contributed by atoms with van der Waals surface area (Å²) in [6.45, 7) is 1.40. The van der Waals surface area contributed by atoms with Crippen LogP contribution in [-0.4, -0.2) is 54.3 Å². The largest absolute Gasteiger partial charge is 0.335 e. The first kappa shape index (κ1) is 22.3. The van der Waals surface area contributed by atoms with E-state index in [2.05, 4.69) is 0 Å². The predicted molar refractivity (Wildman–Crippen MR) is 129 cm³/mol. The summed E-state index contributed by atoms with van der Waals surface area (Å²) < 4.78 is 42.7. The highest BCUT2D eigenvalue weighted by Crippen LogP contribution is 2.24. The minimum absolute atomic E-state index is 0.0738. The van der Waals surface area contributed by atoms with E-state index in [0.717, 1.165) is 22.5 Å². The van der Waals surface area contributed by atoms with Gasteiger partial charge < -0.3 is 9.47 Å². The zero-order valence-electron chi connectivity index (χ0n) is 18.5. The summed E-state index contributed by atoms with van der Waals surface area (Å²) >= 11 is 0. The highest BCUT2D eigenvalue weighted by atomic mass is 32.2. The molecule has 0 aliphatic carbocycles. The topological polar surface area (TPSA) is 62.6 Å². The van der Waals surface area contributed by atoms with Crippen LogP contribution in [0.25, 0.3) is 10.9 Å². The summed E-state index contributed by atoms with van der Waals surface area (Å²) in [6.07, 6.45) is 0. The van der Waals surface area contributed by atoms with Crippen molar-refractivity contribution in [1.29, 1.82) is 0 Å². The van der Waals surface area contributed by atoms with Gasteiger partial charge in [-0.2, -0.15) is 4.31 Å². The fraction of sp³-hybridized carbons (Fsp3) is 0.192. The molecule has 0 N–H and O–H groups in total. The number of hydrogen-bond donors (Lipinski definition) is 0. The van der Waals surface area contributed by atoms with Gasteiger partial charge in [-0.15, -0.1) is 0 Å². The highest BCUT2D eigenvalue weighted by Gasteiger charge is 2.31. The molecule has 0 unspecified atom stereocenters. The van der Waals surface area contributed by atoms with Crippen molar-refractivity contribution >= 4 is 26.8 Å². The van der Waals surface area contributed by atoms with Gasteiger partial charge in [0, 0.05) is 43.6 Å². The Bertz CT molecular complexity index is 1440. The molecule has 8 heteroatoms. The average molecular weight is 478 g/mol. The van der Waals surface area contributed by atoms with Gasteiger partial charge in [0.05, 0.1) is 4.90 Å². The Kier molecular flexibility index (Phi) is 5.93. The van der Waals surface area contributed by atoms with Crippen LogP contribution in [0.5, 0.6) is 0 Å². The zero-order chi connectivity index (χ0) is 23.7. The molecule has 1 saturated heterocycles. The van der Waals surface area contributed by atoms with Gasteiger partial charge in [0.15, 0.2) is 0 Å². The molecule has 174 valence electrons. The van der Waals surface area contributed by atoms with Crippen molar-refractivity contribution in [2.45, 2.75) is 11.4 Å². The Morgan fingerprint density at radius 2 is 1.53 bits per heavy atom. The molecule has 1 aliphatic heterocycles. The lowest BCUT2D eigenvalue weighted by Gasteiger charge is -2.34. The first-order valence-corrected chi connectivity index (χ1v) is 12.5. The number of carbonyl (C=O) groups is 1. The molecular weight excluding hydrogens is 453 g/mol. The maximum absolute atomic E-state index is 13.6. The van der Waals surface area contributed by atoms with Gasteiger partial charge in [-0.3, -0.25) is 4.79 Å². The molecule has 3 aromatic carbocycles. The standard InChI is InChI=1S/C26H24FN3O3S/c27-22-10-6-11-23(18-22)34(32,33)29-15-13-28(14-16-29)26(31)25-17-21-9-4-5-12-24(21)30(25)19-20-7-2-1-3-8-20/h1-12,17-18H,13-16,19H2. The van der Waals surface area contributed by atoms with E-state index < -0.39 is 15.8 Å². The summed E-state index contributed by atoms with van der Waals surface area (Å²) in [5.41, 5.74) is 2.64. The number of amides is 1. The number of carbonyl (C=O) groups excluding carboxylic acids is 1. The SMILES string of the molecule is O=C(c1cc2ccccc2n1Cc1ccccc1)N1CCN(S(=O)(=O)c2cccc(F)c2)CC1. The smallest absolute Gasteiger partial charge is 0.270 e. The number of rotatable bonds is 5. The molecule has 1 aromatic heterocycles. The molecule has 0 bridgehead atoms. The van der Waals surface area contributed by atoms with Gasteiger partial charge in [0.25, 0.3) is 5.91 Å². The van der Waals surface area contributed by atoms with Crippen LogP contribution in [0, 0.1) is 5.82 Å². The highest BCUT2D eigenvalue weighted by molar-refractivity contribution is 7.89. The third-order valence-electron chi connectivity index (χ3n) is 6.17. The van der Waals surface area contributed by atoms with E-state index in [-0.39, 0.29) is 37.0 Å². The number of sulfonamides is 1. The third kappa shape index (κ3) is 4.22. The molecule has 0 atom stereocenters. The van der Waals surface area contributed by atoms with Crippen molar-refractivity contribution < 1.29 is 17.6 Å². The maximum atomic E-state index is 13.6. The minimum Gasteiger partial charge on any atom is -0.335 e. The molecule has 1 aliphatic rings. The van der Waals surface area contributed by atoms with E-state index in [4.69, 9.17) is 0 Å². The van der Waals surface area contributed by atoms with Gasteiger partial charge in [-0.25, -0.2) is 12.8 Å². The molecule has 0 saturated carbocycles. The summed E-state index contributed by atoms with van der Waals surface area (Å²) in [4.78, 5) is 15.2. The maximum Gasteiger partial charge on any atom is 0.270 e. The number of hydrogen-bond acceptors (Lipinski definition) is 3. The van der Waals surface area contributed by atoms with Crippen LogP contribution in [0.1, 0.15) is 16.1 Å². The molecule has 2 heterocycles. The lowest BCUT2D eigenvalue weighted by molar-refractivity contribution is 0.0688. The third-order valence-corrected chi connectivity index (χ3v) is 8.07. The van der Waals surface area contributed by atoms with Crippen LogP contribution in [0.15, 0.2) is 89.8 Å². The van der Waals surface area contributed by atoms with Crippen molar-refractivity contribution in [2.75, 3.05) is 26.2 Å². The minimum atomic E-state index is -3.82. The predicted octanol–water partition coefficient (Wildman–Crippen LogP) is 3.98. The van der Waals surface area contributed by atoms with Gasteiger partial charge in [-0.1, -0.05) is 54.6 Å².